The molecule has 0 amide bonds. The van der Waals surface area contributed by atoms with Gasteiger partial charge in [-0.3, -0.25) is 0 Å². The van der Waals surface area contributed by atoms with Crippen molar-refractivity contribution in [3.8, 4) is 5.88 Å². The van der Waals surface area contributed by atoms with Crippen molar-refractivity contribution in [3.05, 3.63) is 36.0 Å². The lowest BCUT2D eigenvalue weighted by atomic mass is 9.82. The van der Waals surface area contributed by atoms with Crippen LogP contribution in [0.15, 0.2) is 30.5 Å². The first-order chi connectivity index (χ1) is 10.2. The highest BCUT2D eigenvalue weighted by atomic mass is 16.5. The Morgan fingerprint density at radius 2 is 1.76 bits per heavy atom. The number of hydrogen-bond donors (Lipinski definition) is 1. The van der Waals surface area contributed by atoms with E-state index in [1.54, 1.807) is 6.20 Å². The first-order valence-electron chi connectivity index (χ1n) is 7.81. The van der Waals surface area contributed by atoms with Crippen LogP contribution in [0.25, 0.3) is 10.8 Å². The van der Waals surface area contributed by atoms with Crippen LogP contribution in [0.1, 0.15) is 38.7 Å². The summed E-state index contributed by atoms with van der Waals surface area (Å²) < 4.78 is 6.22. The maximum atomic E-state index is 9.44. The molecule has 3 rings (SSSR count). The van der Waals surface area contributed by atoms with Crippen molar-refractivity contribution in [2.45, 2.75) is 45.8 Å². The van der Waals surface area contributed by atoms with Gasteiger partial charge in [0.1, 0.15) is 6.10 Å². The highest BCUT2D eigenvalue weighted by Crippen LogP contribution is 2.33. The van der Waals surface area contributed by atoms with E-state index in [9.17, 15) is 5.11 Å². The Bertz CT molecular complexity index is 616. The van der Waals surface area contributed by atoms with Crippen LogP contribution in [0, 0.1) is 11.8 Å². The number of rotatable bonds is 3. The number of benzene rings is 1. The number of ether oxygens (including phenoxy) is 1. The molecule has 1 fully saturated rings. The summed E-state index contributed by atoms with van der Waals surface area (Å²) in [5.74, 6) is 2.12. The van der Waals surface area contributed by atoms with Crippen LogP contribution >= 0.6 is 0 Å². The van der Waals surface area contributed by atoms with Crippen LogP contribution in [0.2, 0.25) is 0 Å². The van der Waals surface area contributed by atoms with Crippen molar-refractivity contribution >= 4 is 10.8 Å². The second kappa shape index (κ2) is 6.02. The maximum Gasteiger partial charge on any atom is 0.221 e. The molecule has 1 aliphatic rings. The van der Waals surface area contributed by atoms with Crippen molar-refractivity contribution in [1.29, 1.82) is 0 Å². The van der Waals surface area contributed by atoms with Gasteiger partial charge in [-0.05, 0) is 42.6 Å². The molecule has 0 bridgehead atoms. The van der Waals surface area contributed by atoms with Gasteiger partial charge >= 0.3 is 0 Å². The zero-order valence-electron chi connectivity index (χ0n) is 12.7. The number of aliphatic hydroxyl groups is 1. The zero-order valence-corrected chi connectivity index (χ0v) is 12.7. The SMILES string of the molecule is CC1CC(C)CC(Oc2ncc(CO)c3ccccc23)C1. The number of fused-ring (bicyclic) bond motifs is 1. The molecule has 2 atom stereocenters. The van der Waals surface area contributed by atoms with Gasteiger partial charge in [0.2, 0.25) is 5.88 Å². The largest absolute Gasteiger partial charge is 0.474 e. The summed E-state index contributed by atoms with van der Waals surface area (Å²) in [7, 11) is 0. The third-order valence-corrected chi connectivity index (χ3v) is 4.42. The van der Waals surface area contributed by atoms with E-state index in [1.807, 2.05) is 24.3 Å². The predicted molar refractivity (Wildman–Crippen MR) is 84.3 cm³/mol. The molecular formula is C18H23NO2. The fraction of sp³-hybridized carbons (Fsp3) is 0.500. The van der Waals surface area contributed by atoms with Gasteiger partial charge in [0, 0.05) is 17.1 Å². The third-order valence-electron chi connectivity index (χ3n) is 4.42. The fourth-order valence-electron chi connectivity index (χ4n) is 3.57. The van der Waals surface area contributed by atoms with E-state index in [1.165, 1.54) is 6.42 Å². The third kappa shape index (κ3) is 3.03. The number of nitrogens with zero attached hydrogens (tertiary/aromatic N) is 1. The Balaban J connectivity index is 1.90. The highest BCUT2D eigenvalue weighted by Gasteiger charge is 2.26. The van der Waals surface area contributed by atoms with Gasteiger partial charge in [0.15, 0.2) is 0 Å². The Kier molecular flexibility index (Phi) is 4.11. The average Bonchev–Trinajstić information content (AvgIpc) is 2.46. The van der Waals surface area contributed by atoms with Gasteiger partial charge in [0.05, 0.1) is 6.61 Å². The van der Waals surface area contributed by atoms with E-state index < -0.39 is 0 Å². The van der Waals surface area contributed by atoms with Gasteiger partial charge < -0.3 is 9.84 Å². The van der Waals surface area contributed by atoms with Crippen molar-refractivity contribution in [3.63, 3.8) is 0 Å². The molecule has 1 heterocycles. The molecule has 2 unspecified atom stereocenters. The van der Waals surface area contributed by atoms with Crippen LogP contribution in [0.4, 0.5) is 0 Å². The number of aliphatic hydroxyl groups excluding tert-OH is 1. The minimum absolute atomic E-state index is 0.00525. The van der Waals surface area contributed by atoms with E-state index in [-0.39, 0.29) is 12.7 Å². The van der Waals surface area contributed by atoms with Gasteiger partial charge in [-0.1, -0.05) is 32.0 Å². The summed E-state index contributed by atoms with van der Waals surface area (Å²) in [6, 6.07) is 8.01. The standard InChI is InChI=1S/C18H23NO2/c1-12-7-13(2)9-15(8-12)21-18-17-6-4-3-5-16(17)14(11-20)10-19-18/h3-6,10,12-13,15,20H,7-9,11H2,1-2H3. The molecule has 0 radical (unpaired) electrons. The van der Waals surface area contributed by atoms with E-state index in [2.05, 4.69) is 18.8 Å². The van der Waals surface area contributed by atoms with E-state index in [4.69, 9.17) is 4.74 Å². The minimum atomic E-state index is 0.00525. The van der Waals surface area contributed by atoms with E-state index in [0.29, 0.717) is 17.7 Å². The molecule has 0 aliphatic heterocycles. The normalized spacial score (nSPS) is 26.0. The molecule has 2 aromatic rings. The van der Waals surface area contributed by atoms with Gasteiger partial charge in [0.25, 0.3) is 0 Å². The second-order valence-electron chi connectivity index (χ2n) is 6.45. The smallest absolute Gasteiger partial charge is 0.221 e. The summed E-state index contributed by atoms with van der Waals surface area (Å²) in [5, 5.41) is 11.5. The predicted octanol–water partition coefficient (Wildman–Crippen LogP) is 3.93. The number of pyridine rings is 1. The van der Waals surface area contributed by atoms with Gasteiger partial charge in [-0.15, -0.1) is 0 Å². The summed E-state index contributed by atoms with van der Waals surface area (Å²) >= 11 is 0. The zero-order chi connectivity index (χ0) is 14.8. The molecule has 21 heavy (non-hydrogen) atoms. The first-order valence-corrected chi connectivity index (χ1v) is 7.81. The molecule has 3 heteroatoms. The summed E-state index contributed by atoms with van der Waals surface area (Å²) in [5.41, 5.74) is 0.850. The monoisotopic (exact) mass is 285 g/mol. The topological polar surface area (TPSA) is 42.4 Å². The average molecular weight is 285 g/mol. The van der Waals surface area contributed by atoms with E-state index in [0.717, 1.165) is 29.2 Å². The lowest BCUT2D eigenvalue weighted by Crippen LogP contribution is -2.28. The Morgan fingerprint density at radius 1 is 1.10 bits per heavy atom. The number of aromatic nitrogens is 1. The quantitative estimate of drug-likeness (QED) is 0.929. The molecule has 112 valence electrons. The second-order valence-corrected chi connectivity index (χ2v) is 6.45. The maximum absolute atomic E-state index is 9.44. The van der Waals surface area contributed by atoms with Crippen molar-refractivity contribution in [2.24, 2.45) is 11.8 Å². The Labute approximate surface area is 126 Å². The lowest BCUT2D eigenvalue weighted by Gasteiger charge is -2.31. The highest BCUT2D eigenvalue weighted by molar-refractivity contribution is 5.89. The molecule has 1 N–H and O–H groups in total. The van der Waals surface area contributed by atoms with Crippen LogP contribution < -0.4 is 4.74 Å². The lowest BCUT2D eigenvalue weighted by molar-refractivity contribution is 0.0982. The summed E-state index contributed by atoms with van der Waals surface area (Å²) in [6.07, 6.45) is 5.47. The first kappa shape index (κ1) is 14.3. The summed E-state index contributed by atoms with van der Waals surface area (Å²) in [4.78, 5) is 4.44. The van der Waals surface area contributed by atoms with Crippen LogP contribution in [-0.2, 0) is 6.61 Å². The molecule has 3 nitrogen and oxygen atoms in total. The van der Waals surface area contributed by atoms with Crippen LogP contribution in [0.3, 0.4) is 0 Å². The van der Waals surface area contributed by atoms with E-state index >= 15 is 0 Å². The van der Waals surface area contributed by atoms with Crippen molar-refractivity contribution in [2.75, 3.05) is 0 Å². The summed E-state index contributed by atoms with van der Waals surface area (Å²) in [6.45, 7) is 4.60. The molecule has 1 aliphatic carbocycles. The molecular weight excluding hydrogens is 262 g/mol. The van der Waals surface area contributed by atoms with Crippen LogP contribution in [0.5, 0.6) is 5.88 Å². The van der Waals surface area contributed by atoms with Crippen LogP contribution in [-0.4, -0.2) is 16.2 Å². The van der Waals surface area contributed by atoms with Crippen molar-refractivity contribution < 1.29 is 9.84 Å². The molecule has 1 aromatic heterocycles. The fourth-order valence-corrected chi connectivity index (χ4v) is 3.57. The van der Waals surface area contributed by atoms with Crippen molar-refractivity contribution in [1.82, 2.24) is 4.98 Å². The molecule has 1 saturated carbocycles. The molecule has 0 spiro atoms. The Morgan fingerprint density at radius 3 is 2.43 bits per heavy atom. The van der Waals surface area contributed by atoms with Gasteiger partial charge in [-0.25, -0.2) is 4.98 Å². The van der Waals surface area contributed by atoms with Gasteiger partial charge in [-0.2, -0.15) is 0 Å². The minimum Gasteiger partial charge on any atom is -0.474 e. The molecule has 1 aromatic carbocycles. The number of hydrogen-bond acceptors (Lipinski definition) is 3. The molecule has 0 saturated heterocycles. The Hall–Kier alpha value is -1.61.